The SMILES string of the molecule is OC1CCN(c2ccccc2-c2[nH]c3cccc(F)c3c2F)C1. The van der Waals surface area contributed by atoms with Gasteiger partial charge in [0.1, 0.15) is 5.82 Å². The van der Waals surface area contributed by atoms with Gasteiger partial charge in [0.05, 0.1) is 22.7 Å². The third-order valence-corrected chi connectivity index (χ3v) is 4.39. The van der Waals surface area contributed by atoms with Gasteiger partial charge in [-0.1, -0.05) is 24.3 Å². The van der Waals surface area contributed by atoms with E-state index in [1.807, 2.05) is 29.2 Å². The topological polar surface area (TPSA) is 39.3 Å². The van der Waals surface area contributed by atoms with Crippen molar-refractivity contribution in [3.8, 4) is 11.3 Å². The molecule has 5 heteroatoms. The summed E-state index contributed by atoms with van der Waals surface area (Å²) in [7, 11) is 0. The molecule has 1 atom stereocenters. The molecule has 0 aliphatic carbocycles. The Bertz CT molecular complexity index is 875. The predicted molar refractivity (Wildman–Crippen MR) is 86.5 cm³/mol. The zero-order chi connectivity index (χ0) is 16.0. The fraction of sp³-hybridized carbons (Fsp3) is 0.222. The first-order chi connectivity index (χ1) is 11.1. The molecule has 0 saturated carbocycles. The van der Waals surface area contributed by atoms with E-state index in [9.17, 15) is 13.9 Å². The van der Waals surface area contributed by atoms with Gasteiger partial charge in [0.25, 0.3) is 0 Å². The largest absolute Gasteiger partial charge is 0.391 e. The van der Waals surface area contributed by atoms with Crippen LogP contribution in [-0.2, 0) is 0 Å². The van der Waals surface area contributed by atoms with E-state index in [0.29, 0.717) is 30.6 Å². The molecule has 0 radical (unpaired) electrons. The van der Waals surface area contributed by atoms with Gasteiger partial charge in [-0.2, -0.15) is 0 Å². The molecular formula is C18H16F2N2O. The van der Waals surface area contributed by atoms with Crippen molar-refractivity contribution in [2.24, 2.45) is 0 Å². The summed E-state index contributed by atoms with van der Waals surface area (Å²) in [5.74, 6) is -1.15. The van der Waals surface area contributed by atoms with Gasteiger partial charge in [-0.05, 0) is 24.6 Å². The molecule has 2 heterocycles. The van der Waals surface area contributed by atoms with Gasteiger partial charge in [0.15, 0.2) is 5.82 Å². The zero-order valence-electron chi connectivity index (χ0n) is 12.4. The van der Waals surface area contributed by atoms with Crippen LogP contribution in [0.5, 0.6) is 0 Å². The summed E-state index contributed by atoms with van der Waals surface area (Å²) in [5.41, 5.74) is 2.24. The summed E-state index contributed by atoms with van der Waals surface area (Å²) < 4.78 is 28.7. The molecule has 2 aromatic carbocycles. The van der Waals surface area contributed by atoms with Crippen molar-refractivity contribution < 1.29 is 13.9 Å². The first-order valence-corrected chi connectivity index (χ1v) is 7.63. The summed E-state index contributed by atoms with van der Waals surface area (Å²) in [6, 6.07) is 11.9. The number of anilines is 1. The second kappa shape index (κ2) is 5.35. The first kappa shape index (κ1) is 14.2. The van der Waals surface area contributed by atoms with Crippen LogP contribution in [-0.4, -0.2) is 29.3 Å². The van der Waals surface area contributed by atoms with Crippen LogP contribution >= 0.6 is 0 Å². The van der Waals surface area contributed by atoms with E-state index in [-0.39, 0.29) is 17.2 Å². The number of hydrogen-bond acceptors (Lipinski definition) is 2. The number of nitrogens with zero attached hydrogens (tertiary/aromatic N) is 1. The number of aliphatic hydroxyl groups is 1. The molecule has 3 nitrogen and oxygen atoms in total. The van der Waals surface area contributed by atoms with Crippen molar-refractivity contribution in [1.82, 2.24) is 4.98 Å². The lowest BCUT2D eigenvalue weighted by atomic mass is 10.1. The summed E-state index contributed by atoms with van der Waals surface area (Å²) in [6.07, 6.45) is 0.325. The Morgan fingerprint density at radius 3 is 2.65 bits per heavy atom. The summed E-state index contributed by atoms with van der Waals surface area (Å²) >= 11 is 0. The number of fused-ring (bicyclic) bond motifs is 1. The highest BCUT2D eigenvalue weighted by molar-refractivity contribution is 5.90. The molecular weight excluding hydrogens is 298 g/mol. The Morgan fingerprint density at radius 2 is 1.91 bits per heavy atom. The molecule has 0 amide bonds. The Morgan fingerprint density at radius 1 is 1.09 bits per heavy atom. The van der Waals surface area contributed by atoms with Gasteiger partial charge < -0.3 is 15.0 Å². The zero-order valence-corrected chi connectivity index (χ0v) is 12.4. The Balaban J connectivity index is 1.89. The van der Waals surface area contributed by atoms with E-state index >= 15 is 0 Å². The van der Waals surface area contributed by atoms with Crippen LogP contribution in [0.1, 0.15) is 6.42 Å². The van der Waals surface area contributed by atoms with Gasteiger partial charge in [-0.25, -0.2) is 8.78 Å². The minimum absolute atomic E-state index is 0.0150. The molecule has 1 fully saturated rings. The highest BCUT2D eigenvalue weighted by Gasteiger charge is 2.25. The molecule has 1 aliphatic rings. The van der Waals surface area contributed by atoms with E-state index in [2.05, 4.69) is 4.98 Å². The van der Waals surface area contributed by atoms with E-state index in [0.717, 1.165) is 5.69 Å². The molecule has 0 spiro atoms. The fourth-order valence-electron chi connectivity index (χ4n) is 3.27. The monoisotopic (exact) mass is 314 g/mol. The number of aromatic nitrogens is 1. The lowest BCUT2D eigenvalue weighted by molar-refractivity contribution is 0.198. The van der Waals surface area contributed by atoms with Crippen LogP contribution in [0.4, 0.5) is 14.5 Å². The van der Waals surface area contributed by atoms with E-state index in [1.165, 1.54) is 6.07 Å². The molecule has 1 unspecified atom stereocenters. The summed E-state index contributed by atoms with van der Waals surface area (Å²) in [6.45, 7) is 1.24. The third kappa shape index (κ3) is 2.28. The number of hydrogen-bond donors (Lipinski definition) is 2. The summed E-state index contributed by atoms with van der Waals surface area (Å²) in [4.78, 5) is 5.02. The molecule has 3 aromatic rings. The van der Waals surface area contributed by atoms with Crippen LogP contribution in [0, 0.1) is 11.6 Å². The van der Waals surface area contributed by atoms with Gasteiger partial charge in [-0.15, -0.1) is 0 Å². The average Bonchev–Trinajstić information content (AvgIpc) is 3.12. The van der Waals surface area contributed by atoms with Crippen LogP contribution in [0.25, 0.3) is 22.2 Å². The number of β-amino-alcohol motifs (C(OH)–C–C–N with tert-alkyl or cyclic N) is 1. The lowest BCUT2D eigenvalue weighted by Gasteiger charge is -2.21. The second-order valence-corrected chi connectivity index (χ2v) is 5.88. The molecule has 1 aliphatic heterocycles. The van der Waals surface area contributed by atoms with Gasteiger partial charge >= 0.3 is 0 Å². The molecule has 118 valence electrons. The number of aliphatic hydroxyl groups excluding tert-OH is 1. The van der Waals surface area contributed by atoms with Crippen molar-refractivity contribution in [3.05, 3.63) is 54.1 Å². The number of aromatic amines is 1. The standard InChI is InChI=1S/C18H16F2N2O/c19-13-5-3-6-14-16(13)17(20)18(21-14)12-4-1-2-7-15(12)22-9-8-11(23)10-22/h1-7,11,21,23H,8-10H2. The smallest absolute Gasteiger partial charge is 0.159 e. The van der Waals surface area contributed by atoms with Crippen LogP contribution in [0.2, 0.25) is 0 Å². The van der Waals surface area contributed by atoms with Crippen LogP contribution in [0.3, 0.4) is 0 Å². The molecule has 4 rings (SSSR count). The van der Waals surface area contributed by atoms with Crippen molar-refractivity contribution in [3.63, 3.8) is 0 Å². The molecule has 23 heavy (non-hydrogen) atoms. The van der Waals surface area contributed by atoms with Crippen molar-refractivity contribution in [1.29, 1.82) is 0 Å². The molecule has 1 aromatic heterocycles. The number of H-pyrrole nitrogens is 1. The van der Waals surface area contributed by atoms with Gasteiger partial charge in [0.2, 0.25) is 0 Å². The number of benzene rings is 2. The van der Waals surface area contributed by atoms with Gasteiger partial charge in [0, 0.05) is 24.3 Å². The van der Waals surface area contributed by atoms with Crippen LogP contribution < -0.4 is 4.90 Å². The minimum atomic E-state index is -0.578. The Hall–Kier alpha value is -2.40. The number of para-hydroxylation sites is 1. The van der Waals surface area contributed by atoms with E-state index in [1.54, 1.807) is 12.1 Å². The number of nitrogens with one attached hydrogen (secondary N) is 1. The minimum Gasteiger partial charge on any atom is -0.391 e. The molecule has 2 N–H and O–H groups in total. The fourth-order valence-corrected chi connectivity index (χ4v) is 3.27. The third-order valence-electron chi connectivity index (χ3n) is 4.39. The lowest BCUT2D eigenvalue weighted by Crippen LogP contribution is -2.21. The van der Waals surface area contributed by atoms with Crippen molar-refractivity contribution in [2.75, 3.05) is 18.0 Å². The first-order valence-electron chi connectivity index (χ1n) is 7.63. The van der Waals surface area contributed by atoms with E-state index in [4.69, 9.17) is 0 Å². The maximum Gasteiger partial charge on any atom is 0.159 e. The molecule has 1 saturated heterocycles. The normalized spacial score (nSPS) is 18.0. The molecule has 0 bridgehead atoms. The van der Waals surface area contributed by atoms with Crippen LogP contribution in [0.15, 0.2) is 42.5 Å². The van der Waals surface area contributed by atoms with Crippen molar-refractivity contribution >= 4 is 16.6 Å². The Labute approximate surface area is 132 Å². The average molecular weight is 314 g/mol. The van der Waals surface area contributed by atoms with E-state index < -0.39 is 11.6 Å². The van der Waals surface area contributed by atoms with Crippen molar-refractivity contribution in [2.45, 2.75) is 12.5 Å². The summed E-state index contributed by atoms with van der Waals surface area (Å²) in [5, 5.41) is 9.74. The Kier molecular flexibility index (Phi) is 3.31. The predicted octanol–water partition coefficient (Wildman–Crippen LogP) is 3.68. The maximum absolute atomic E-state index is 14.8. The highest BCUT2D eigenvalue weighted by atomic mass is 19.1. The maximum atomic E-state index is 14.8. The second-order valence-electron chi connectivity index (χ2n) is 5.88. The quantitative estimate of drug-likeness (QED) is 0.757. The van der Waals surface area contributed by atoms with Gasteiger partial charge in [-0.3, -0.25) is 0 Å². The number of halogens is 2. The number of rotatable bonds is 2. The highest BCUT2D eigenvalue weighted by Crippen LogP contribution is 2.36.